The molecule has 226 valence electrons. The Morgan fingerprint density at radius 3 is 2.71 bits per heavy atom. The van der Waals surface area contributed by atoms with E-state index < -0.39 is 5.60 Å². The molecule has 0 aliphatic carbocycles. The number of hydrogen-bond donors (Lipinski definition) is 1. The van der Waals surface area contributed by atoms with Crippen molar-refractivity contribution < 1.29 is 13.5 Å². The van der Waals surface area contributed by atoms with Crippen LogP contribution in [0.2, 0.25) is 0 Å². The van der Waals surface area contributed by atoms with Gasteiger partial charge >= 0.3 is 0 Å². The summed E-state index contributed by atoms with van der Waals surface area (Å²) in [5, 5.41) is 11.8. The maximum Gasteiger partial charge on any atom is 0.123 e. The summed E-state index contributed by atoms with van der Waals surface area (Å²) in [6, 6.07) is 27.0. The van der Waals surface area contributed by atoms with E-state index in [-0.39, 0.29) is 5.82 Å². The van der Waals surface area contributed by atoms with Crippen LogP contribution in [0.1, 0.15) is 59.3 Å². The second kappa shape index (κ2) is 12.7. The molecule has 4 heterocycles. The first-order valence-corrected chi connectivity index (χ1v) is 15.6. The smallest absolute Gasteiger partial charge is 0.123 e. The number of fused-ring (bicyclic) bond motifs is 4. The van der Waals surface area contributed by atoms with E-state index in [9.17, 15) is 9.65 Å². The lowest BCUT2D eigenvalue weighted by Gasteiger charge is -2.32. The number of ether oxygens (including phenoxy) is 1. The van der Waals surface area contributed by atoms with Gasteiger partial charge < -0.3 is 14.1 Å². The summed E-state index contributed by atoms with van der Waals surface area (Å²) in [6.45, 7) is 2.98. The van der Waals surface area contributed by atoms with Crippen molar-refractivity contribution in [2.24, 2.45) is 0 Å². The number of pyridine rings is 1. The molecule has 45 heavy (non-hydrogen) atoms. The van der Waals surface area contributed by atoms with Crippen molar-refractivity contribution in [1.29, 1.82) is 5.26 Å². The summed E-state index contributed by atoms with van der Waals surface area (Å²) in [5.41, 5.74) is 6.41. The number of aromatic nitrogens is 2. The van der Waals surface area contributed by atoms with Gasteiger partial charge in [-0.05, 0) is 110 Å². The number of unbranched alkanes of at least 4 members (excludes halogenated alkanes) is 1. The minimum absolute atomic E-state index is 0.269. The Kier molecular flexibility index (Phi) is 8.17. The van der Waals surface area contributed by atoms with Crippen LogP contribution in [0.3, 0.4) is 0 Å². The Balaban J connectivity index is 1.03. The van der Waals surface area contributed by atoms with Crippen LogP contribution >= 0.6 is 0 Å². The summed E-state index contributed by atoms with van der Waals surface area (Å²) in [6.07, 6.45) is 10.4. The van der Waals surface area contributed by atoms with Gasteiger partial charge in [-0.3, -0.25) is 9.88 Å². The largest absolute Gasteiger partial charge is 0.468 e. The van der Waals surface area contributed by atoms with Gasteiger partial charge in [-0.2, -0.15) is 5.26 Å². The van der Waals surface area contributed by atoms with Gasteiger partial charge in [0.25, 0.3) is 0 Å². The number of nitrogens with zero attached hydrogens (tertiary/aromatic N) is 3. The van der Waals surface area contributed by atoms with E-state index in [2.05, 4.69) is 45.3 Å². The highest BCUT2D eigenvalue weighted by molar-refractivity contribution is 6.04. The first-order chi connectivity index (χ1) is 22.1. The third-order valence-corrected chi connectivity index (χ3v) is 9.10. The zero-order valence-electron chi connectivity index (χ0n) is 25.1. The van der Waals surface area contributed by atoms with Crippen molar-refractivity contribution in [3.8, 4) is 6.07 Å². The van der Waals surface area contributed by atoms with E-state index in [0.717, 1.165) is 90.6 Å². The molecule has 7 rings (SSSR count). The summed E-state index contributed by atoms with van der Waals surface area (Å²) < 4.78 is 26.2. The van der Waals surface area contributed by atoms with Crippen molar-refractivity contribution in [1.82, 2.24) is 14.9 Å². The molecule has 0 amide bonds. The minimum Gasteiger partial charge on any atom is -0.468 e. The molecular weight excluding hydrogens is 563 g/mol. The minimum atomic E-state index is -0.679. The molecule has 1 aliphatic heterocycles. The lowest BCUT2D eigenvalue weighted by molar-refractivity contribution is -0.0148. The first kappa shape index (κ1) is 29.0. The Hall–Kier alpha value is -4.77. The quantitative estimate of drug-likeness (QED) is 0.143. The highest BCUT2D eigenvalue weighted by Crippen LogP contribution is 2.45. The molecule has 0 saturated heterocycles. The van der Waals surface area contributed by atoms with E-state index >= 15 is 0 Å². The topological polar surface area (TPSA) is 78.1 Å². The number of nitrogens with one attached hydrogen (secondary N) is 1. The van der Waals surface area contributed by atoms with Gasteiger partial charge in [-0.15, -0.1) is 0 Å². The van der Waals surface area contributed by atoms with E-state index in [1.54, 1.807) is 6.26 Å². The molecule has 3 aromatic carbocycles. The van der Waals surface area contributed by atoms with Gasteiger partial charge in [0.1, 0.15) is 17.2 Å². The fourth-order valence-electron chi connectivity index (χ4n) is 6.86. The predicted molar refractivity (Wildman–Crippen MR) is 173 cm³/mol. The molecule has 6 nitrogen and oxygen atoms in total. The van der Waals surface area contributed by atoms with Crippen molar-refractivity contribution in [3.63, 3.8) is 0 Å². The average molecular weight is 599 g/mol. The Morgan fingerprint density at radius 1 is 0.978 bits per heavy atom. The molecule has 0 bridgehead atoms. The fourth-order valence-corrected chi connectivity index (χ4v) is 6.86. The van der Waals surface area contributed by atoms with E-state index in [1.165, 1.54) is 23.1 Å². The Morgan fingerprint density at radius 2 is 1.87 bits per heavy atom. The van der Waals surface area contributed by atoms with E-state index in [0.29, 0.717) is 12.2 Å². The highest BCUT2D eigenvalue weighted by atomic mass is 19.1. The van der Waals surface area contributed by atoms with Crippen LogP contribution in [0.15, 0.2) is 102 Å². The Labute approximate surface area is 262 Å². The number of nitriles is 1. The second-order valence-electron chi connectivity index (χ2n) is 11.9. The summed E-state index contributed by atoms with van der Waals surface area (Å²) in [5.74, 6) is 0.681. The number of aromatic amines is 1. The molecule has 0 radical (unpaired) electrons. The number of benzene rings is 3. The maximum atomic E-state index is 13.9. The van der Waals surface area contributed by atoms with Crippen LogP contribution in [-0.2, 0) is 29.9 Å². The third-order valence-electron chi connectivity index (χ3n) is 9.10. The molecule has 1 aliphatic rings. The number of halogens is 1. The normalized spacial score (nSPS) is 16.0. The standard InChI is InChI=1S/C38H35FN4O2/c39-32-13-11-31(12-14-32)38(35-16-9-27(23-40)22-30(35)26-45-38)17-5-20-43(25-33-8-4-21-44-33)19-2-1-6-29-24-42-37-34(29)15-10-28-7-3-18-41-36(28)37/h3-4,7-16,18,21-22,24,42H,1-2,5-6,17,19-20,25-26H2. The van der Waals surface area contributed by atoms with Crippen LogP contribution in [0.25, 0.3) is 21.8 Å². The van der Waals surface area contributed by atoms with Crippen LogP contribution in [0.5, 0.6) is 0 Å². The van der Waals surface area contributed by atoms with Gasteiger partial charge in [0, 0.05) is 23.2 Å². The van der Waals surface area contributed by atoms with Crippen molar-refractivity contribution >= 4 is 21.8 Å². The van der Waals surface area contributed by atoms with Crippen LogP contribution in [-0.4, -0.2) is 28.0 Å². The summed E-state index contributed by atoms with van der Waals surface area (Å²) in [4.78, 5) is 10.5. The van der Waals surface area contributed by atoms with Gasteiger partial charge in [-0.25, -0.2) is 4.39 Å². The average Bonchev–Trinajstić information content (AvgIpc) is 3.83. The van der Waals surface area contributed by atoms with Gasteiger partial charge in [0.05, 0.1) is 42.1 Å². The monoisotopic (exact) mass is 598 g/mol. The predicted octanol–water partition coefficient (Wildman–Crippen LogP) is 8.40. The van der Waals surface area contributed by atoms with Crippen LogP contribution < -0.4 is 0 Å². The molecule has 6 aromatic rings. The molecule has 1 atom stereocenters. The SMILES string of the molecule is N#Cc1ccc2c(c1)COC2(CCCN(CCCCc1c[nH]c2c1ccc1cccnc12)Cc1ccco1)c1ccc(F)cc1. The zero-order chi connectivity index (χ0) is 30.6. The molecule has 0 fully saturated rings. The fraction of sp³-hybridized carbons (Fsp3) is 0.263. The van der Waals surface area contributed by atoms with Crippen molar-refractivity contribution in [2.75, 3.05) is 13.1 Å². The maximum absolute atomic E-state index is 13.9. The van der Waals surface area contributed by atoms with E-state index in [1.807, 2.05) is 54.7 Å². The molecule has 1 N–H and O–H groups in total. The molecule has 0 spiro atoms. The van der Waals surface area contributed by atoms with Gasteiger partial charge in [0.2, 0.25) is 0 Å². The molecule has 3 aromatic heterocycles. The van der Waals surface area contributed by atoms with Crippen LogP contribution in [0.4, 0.5) is 4.39 Å². The Bertz CT molecular complexity index is 1960. The lowest BCUT2D eigenvalue weighted by Crippen LogP contribution is -2.31. The number of H-pyrrole nitrogens is 1. The number of hydrogen-bond acceptors (Lipinski definition) is 5. The summed E-state index contributed by atoms with van der Waals surface area (Å²) >= 11 is 0. The third kappa shape index (κ3) is 5.87. The van der Waals surface area contributed by atoms with Crippen molar-refractivity contribution in [3.05, 3.63) is 137 Å². The lowest BCUT2D eigenvalue weighted by atomic mass is 9.81. The van der Waals surface area contributed by atoms with Gasteiger partial charge in [-0.1, -0.05) is 36.4 Å². The molecule has 0 saturated carbocycles. The highest BCUT2D eigenvalue weighted by Gasteiger charge is 2.41. The summed E-state index contributed by atoms with van der Waals surface area (Å²) in [7, 11) is 0. The molecule has 7 heteroatoms. The van der Waals surface area contributed by atoms with Gasteiger partial charge in [0.15, 0.2) is 0 Å². The van der Waals surface area contributed by atoms with Crippen LogP contribution in [0, 0.1) is 17.1 Å². The number of furan rings is 1. The van der Waals surface area contributed by atoms with Crippen molar-refractivity contribution in [2.45, 2.75) is 50.9 Å². The number of aryl methyl sites for hydroxylation is 1. The second-order valence-corrected chi connectivity index (χ2v) is 11.9. The van der Waals surface area contributed by atoms with E-state index in [4.69, 9.17) is 9.15 Å². The molecular formula is C38H35FN4O2. The first-order valence-electron chi connectivity index (χ1n) is 15.6. The number of rotatable bonds is 12. The zero-order valence-corrected chi connectivity index (χ0v) is 25.1. The molecule has 1 unspecified atom stereocenters.